The Labute approximate surface area is 237 Å². The van der Waals surface area contributed by atoms with Crippen molar-refractivity contribution in [2.45, 2.75) is 57.3 Å². The normalized spacial score (nSPS) is 18.7. The molecule has 7 nitrogen and oxygen atoms in total. The molecule has 1 amide bonds. The van der Waals surface area contributed by atoms with Gasteiger partial charge in [-0.1, -0.05) is 32.0 Å². The van der Waals surface area contributed by atoms with Crippen molar-refractivity contribution in [3.63, 3.8) is 0 Å². The number of carbonyl (C=O) groups excluding carboxylic acids is 1. The zero-order chi connectivity index (χ0) is 28.2. The largest absolute Gasteiger partial charge is 0.358 e. The van der Waals surface area contributed by atoms with Crippen LogP contribution in [0.1, 0.15) is 60.3 Å². The van der Waals surface area contributed by atoms with Crippen LogP contribution in [-0.2, 0) is 40.5 Å². The average Bonchev–Trinajstić information content (AvgIpc) is 3.57. The molecule has 0 unspecified atom stereocenters. The van der Waals surface area contributed by atoms with E-state index >= 15 is 0 Å². The van der Waals surface area contributed by atoms with Crippen LogP contribution in [0.3, 0.4) is 0 Å². The first kappa shape index (κ1) is 26.8. The Morgan fingerprint density at radius 1 is 1.10 bits per heavy atom. The van der Waals surface area contributed by atoms with E-state index in [1.807, 2.05) is 30.3 Å². The number of aromatic amines is 1. The number of fused-ring (bicyclic) bond motifs is 3. The molecule has 3 heterocycles. The molecule has 2 aromatic carbocycles. The van der Waals surface area contributed by atoms with Gasteiger partial charge in [0, 0.05) is 29.2 Å². The molecule has 0 atom stereocenters. The number of amides is 1. The quantitative estimate of drug-likeness (QED) is 0.387. The molecule has 0 saturated carbocycles. The third kappa shape index (κ3) is 4.77. The number of sulfonamides is 1. The summed E-state index contributed by atoms with van der Waals surface area (Å²) in [6.07, 6.45) is 7.74. The zero-order valence-corrected chi connectivity index (χ0v) is 24.6. The van der Waals surface area contributed by atoms with Crippen molar-refractivity contribution >= 4 is 39.0 Å². The fourth-order valence-electron chi connectivity index (χ4n) is 6.42. The molecule has 0 radical (unpaired) electrons. The highest BCUT2D eigenvalue weighted by atomic mass is 32.2. The molecule has 6 rings (SSSR count). The van der Waals surface area contributed by atoms with Crippen LogP contribution in [0.5, 0.6) is 0 Å². The van der Waals surface area contributed by atoms with E-state index in [4.69, 9.17) is 0 Å². The predicted molar refractivity (Wildman–Crippen MR) is 161 cm³/mol. The lowest BCUT2D eigenvalue weighted by molar-refractivity contribution is -0.110. The van der Waals surface area contributed by atoms with Crippen LogP contribution in [0.25, 0.3) is 11.6 Å². The van der Waals surface area contributed by atoms with Gasteiger partial charge in [0.15, 0.2) is 0 Å². The third-order valence-corrected chi connectivity index (χ3v) is 10.4. The first-order chi connectivity index (χ1) is 19.0. The number of rotatable bonds is 7. The maximum Gasteiger partial charge on any atom is 0.264 e. The summed E-state index contributed by atoms with van der Waals surface area (Å²) in [7, 11) is 0.399. The van der Waals surface area contributed by atoms with Crippen LogP contribution < -0.4 is 9.62 Å². The number of H-pyrrole nitrogens is 1. The highest BCUT2D eigenvalue weighted by Gasteiger charge is 2.34. The zero-order valence-electron chi connectivity index (χ0n) is 23.8. The molecule has 1 aliphatic carbocycles. The Balaban J connectivity index is 1.39. The SMILES string of the molecule is CN(C)CCCc1c(C=C2C(=O)Nc3ccc(S(=O)(=O)N4CCc5ccccc54)cc32)[nH]c2c1CCC(C)(C)C2. The van der Waals surface area contributed by atoms with Crippen molar-refractivity contribution in [3.8, 4) is 0 Å². The van der Waals surface area contributed by atoms with Crippen molar-refractivity contribution < 1.29 is 13.2 Å². The number of nitrogens with zero attached hydrogens (tertiary/aromatic N) is 2. The highest BCUT2D eigenvalue weighted by molar-refractivity contribution is 7.92. The van der Waals surface area contributed by atoms with Crippen LogP contribution in [0.2, 0.25) is 0 Å². The lowest BCUT2D eigenvalue weighted by Crippen LogP contribution is -2.29. The van der Waals surface area contributed by atoms with Gasteiger partial charge in [-0.3, -0.25) is 9.10 Å². The Bertz CT molecular complexity index is 1630. The van der Waals surface area contributed by atoms with Gasteiger partial charge >= 0.3 is 0 Å². The third-order valence-electron chi connectivity index (χ3n) is 8.57. The van der Waals surface area contributed by atoms with E-state index in [2.05, 4.69) is 43.1 Å². The van der Waals surface area contributed by atoms with Gasteiger partial charge in [0.1, 0.15) is 0 Å². The van der Waals surface area contributed by atoms with E-state index in [0.717, 1.165) is 55.6 Å². The number of hydrogen-bond donors (Lipinski definition) is 2. The number of anilines is 2. The summed E-state index contributed by atoms with van der Waals surface area (Å²) in [6.45, 7) is 6.02. The minimum atomic E-state index is -3.78. The Hall–Kier alpha value is -3.36. The molecular formula is C32H38N4O3S. The molecule has 0 spiro atoms. The van der Waals surface area contributed by atoms with Gasteiger partial charge in [-0.2, -0.15) is 0 Å². The second kappa shape index (κ2) is 9.93. The van der Waals surface area contributed by atoms with Gasteiger partial charge in [0.25, 0.3) is 15.9 Å². The molecule has 8 heteroatoms. The molecule has 0 saturated heterocycles. The van der Waals surface area contributed by atoms with E-state index in [1.165, 1.54) is 21.1 Å². The van der Waals surface area contributed by atoms with Crippen molar-refractivity contribution in [2.24, 2.45) is 5.41 Å². The van der Waals surface area contributed by atoms with Crippen molar-refractivity contribution in [1.29, 1.82) is 0 Å². The molecule has 0 bridgehead atoms. The number of hydrogen-bond acceptors (Lipinski definition) is 4. The fraction of sp³-hybridized carbons (Fsp3) is 0.406. The summed E-state index contributed by atoms with van der Waals surface area (Å²) >= 11 is 0. The highest BCUT2D eigenvalue weighted by Crippen LogP contribution is 2.41. The monoisotopic (exact) mass is 558 g/mol. The van der Waals surface area contributed by atoms with E-state index < -0.39 is 10.0 Å². The Morgan fingerprint density at radius 2 is 1.90 bits per heavy atom. The summed E-state index contributed by atoms with van der Waals surface area (Å²) < 4.78 is 29.0. The molecule has 40 heavy (non-hydrogen) atoms. The predicted octanol–water partition coefficient (Wildman–Crippen LogP) is 5.27. The van der Waals surface area contributed by atoms with Crippen LogP contribution in [0, 0.1) is 5.41 Å². The summed E-state index contributed by atoms with van der Waals surface area (Å²) in [5.74, 6) is -0.205. The van der Waals surface area contributed by atoms with Gasteiger partial charge in [0.2, 0.25) is 0 Å². The summed E-state index contributed by atoms with van der Waals surface area (Å²) in [5.41, 5.74) is 8.70. The van der Waals surface area contributed by atoms with Crippen LogP contribution in [0.4, 0.5) is 11.4 Å². The summed E-state index contributed by atoms with van der Waals surface area (Å²) in [5, 5.41) is 2.95. The van der Waals surface area contributed by atoms with Gasteiger partial charge in [0.05, 0.1) is 16.2 Å². The van der Waals surface area contributed by atoms with Gasteiger partial charge in [-0.15, -0.1) is 0 Å². The molecule has 2 aliphatic heterocycles. The minimum absolute atomic E-state index is 0.198. The van der Waals surface area contributed by atoms with Crippen molar-refractivity contribution in [1.82, 2.24) is 9.88 Å². The second-order valence-electron chi connectivity index (χ2n) is 12.4. The van der Waals surface area contributed by atoms with E-state index in [-0.39, 0.29) is 16.2 Å². The maximum atomic E-state index is 13.8. The smallest absolute Gasteiger partial charge is 0.264 e. The van der Waals surface area contributed by atoms with E-state index in [0.29, 0.717) is 29.8 Å². The molecule has 3 aromatic rings. The van der Waals surface area contributed by atoms with E-state index in [1.54, 1.807) is 18.2 Å². The first-order valence-electron chi connectivity index (χ1n) is 14.2. The number of benzene rings is 2. The first-order valence-corrected chi connectivity index (χ1v) is 15.6. The lowest BCUT2D eigenvalue weighted by atomic mass is 9.76. The number of carbonyl (C=O) groups is 1. The summed E-state index contributed by atoms with van der Waals surface area (Å²) in [4.78, 5) is 19.3. The van der Waals surface area contributed by atoms with Crippen LogP contribution >= 0.6 is 0 Å². The van der Waals surface area contributed by atoms with Gasteiger partial charge in [-0.25, -0.2) is 8.42 Å². The Morgan fingerprint density at radius 3 is 2.70 bits per heavy atom. The lowest BCUT2D eigenvalue weighted by Gasteiger charge is -2.29. The van der Waals surface area contributed by atoms with Gasteiger partial charge in [-0.05, 0) is 112 Å². The van der Waals surface area contributed by atoms with Gasteiger partial charge < -0.3 is 15.2 Å². The topological polar surface area (TPSA) is 85.5 Å². The number of aromatic nitrogens is 1. The van der Waals surface area contributed by atoms with Crippen LogP contribution in [-0.4, -0.2) is 51.4 Å². The molecule has 1 aromatic heterocycles. The standard InChI is InChI=1S/C32H38N4O3S/c1-32(2)15-13-24-23(9-7-16-35(3)4)28(33-29(24)20-32)19-26-25-18-22(11-12-27(25)34-31(26)37)40(38,39)36-17-14-21-8-5-6-10-30(21)36/h5-6,8,10-12,18-19,33H,7,9,13-17,20H2,1-4H3,(H,34,37). The molecular weight excluding hydrogens is 520 g/mol. The Kier molecular flexibility index (Phi) is 6.66. The number of nitrogens with one attached hydrogen (secondary N) is 2. The average molecular weight is 559 g/mol. The van der Waals surface area contributed by atoms with Crippen LogP contribution in [0.15, 0.2) is 47.4 Å². The second-order valence-corrected chi connectivity index (χ2v) is 14.3. The maximum absolute atomic E-state index is 13.8. The summed E-state index contributed by atoms with van der Waals surface area (Å²) in [6, 6.07) is 12.6. The fourth-order valence-corrected chi connectivity index (χ4v) is 7.95. The molecule has 3 aliphatic rings. The van der Waals surface area contributed by atoms with Crippen molar-refractivity contribution in [2.75, 3.05) is 36.8 Å². The van der Waals surface area contributed by atoms with Crippen molar-refractivity contribution in [3.05, 3.63) is 76.1 Å². The van der Waals surface area contributed by atoms with E-state index in [9.17, 15) is 13.2 Å². The molecule has 210 valence electrons. The minimum Gasteiger partial charge on any atom is -0.358 e. The molecule has 2 N–H and O–H groups in total. The molecule has 0 fully saturated rings. The number of para-hydroxylation sites is 1.